The fourth-order valence-corrected chi connectivity index (χ4v) is 2.75. The fraction of sp³-hybridized carbons (Fsp3) is 0.929. The van der Waals surface area contributed by atoms with Crippen molar-refractivity contribution in [3.05, 3.63) is 0 Å². The van der Waals surface area contributed by atoms with Crippen LogP contribution >= 0.6 is 0 Å². The summed E-state index contributed by atoms with van der Waals surface area (Å²) in [5.41, 5.74) is 0. The molecular weight excluding hydrogens is 198 g/mol. The zero-order chi connectivity index (χ0) is 11.1. The van der Waals surface area contributed by atoms with E-state index in [1.807, 2.05) is 0 Å². The molecule has 1 saturated carbocycles. The van der Waals surface area contributed by atoms with Gasteiger partial charge in [0.25, 0.3) is 0 Å². The number of rotatable bonds is 3. The minimum atomic E-state index is 0.780. The molecule has 1 saturated heterocycles. The lowest BCUT2D eigenvalue weighted by molar-refractivity contribution is 0.0689. The van der Waals surface area contributed by atoms with Crippen LogP contribution in [0.4, 0.5) is 0 Å². The average molecular weight is 223 g/mol. The maximum absolute atomic E-state index is 5.36. The Bertz CT molecular complexity index is 201. The van der Waals surface area contributed by atoms with Crippen molar-refractivity contribution in [3.63, 3.8) is 0 Å². The van der Waals surface area contributed by atoms with E-state index in [4.69, 9.17) is 4.74 Å². The molecular formula is C14H25NO. The highest BCUT2D eigenvalue weighted by Crippen LogP contribution is 2.21. The van der Waals surface area contributed by atoms with Crippen LogP contribution in [0.2, 0.25) is 0 Å². The Morgan fingerprint density at radius 3 is 2.31 bits per heavy atom. The highest BCUT2D eigenvalue weighted by Gasteiger charge is 2.13. The summed E-state index contributed by atoms with van der Waals surface area (Å²) in [4.78, 5) is 4.68. The molecule has 1 aliphatic carbocycles. The summed E-state index contributed by atoms with van der Waals surface area (Å²) < 4.78 is 5.36. The van der Waals surface area contributed by atoms with Gasteiger partial charge in [-0.05, 0) is 37.5 Å². The first-order valence-corrected chi connectivity index (χ1v) is 7.03. The molecule has 2 aliphatic rings. The second-order valence-corrected chi connectivity index (χ2v) is 5.32. The van der Waals surface area contributed by atoms with Gasteiger partial charge in [-0.3, -0.25) is 4.99 Å². The standard InChI is InChI=1S/C14H25NO/c1-2-4-6-13(5-3-1)11-15-12-14-7-9-16-10-8-14/h11,13-14H,1-10,12H2. The Morgan fingerprint density at radius 2 is 1.62 bits per heavy atom. The van der Waals surface area contributed by atoms with Gasteiger partial charge < -0.3 is 4.74 Å². The second-order valence-electron chi connectivity index (χ2n) is 5.32. The van der Waals surface area contributed by atoms with E-state index in [-0.39, 0.29) is 0 Å². The summed E-state index contributed by atoms with van der Waals surface area (Å²) in [5.74, 6) is 1.57. The van der Waals surface area contributed by atoms with E-state index in [1.54, 1.807) is 0 Å². The van der Waals surface area contributed by atoms with Crippen LogP contribution in [0.3, 0.4) is 0 Å². The van der Waals surface area contributed by atoms with Crippen molar-refractivity contribution < 1.29 is 4.74 Å². The lowest BCUT2D eigenvalue weighted by Gasteiger charge is -2.20. The lowest BCUT2D eigenvalue weighted by atomic mass is 10.00. The smallest absolute Gasteiger partial charge is 0.0469 e. The predicted molar refractivity (Wildman–Crippen MR) is 68.1 cm³/mol. The van der Waals surface area contributed by atoms with Gasteiger partial charge in [0.05, 0.1) is 0 Å². The molecule has 2 nitrogen and oxygen atoms in total. The van der Waals surface area contributed by atoms with Gasteiger partial charge in [0.15, 0.2) is 0 Å². The molecule has 16 heavy (non-hydrogen) atoms. The van der Waals surface area contributed by atoms with Crippen molar-refractivity contribution in [1.29, 1.82) is 0 Å². The van der Waals surface area contributed by atoms with Crippen LogP contribution < -0.4 is 0 Å². The van der Waals surface area contributed by atoms with E-state index in [2.05, 4.69) is 11.2 Å². The molecule has 0 N–H and O–H groups in total. The maximum Gasteiger partial charge on any atom is 0.0469 e. The fourth-order valence-electron chi connectivity index (χ4n) is 2.75. The summed E-state index contributed by atoms with van der Waals surface area (Å²) in [5, 5.41) is 0. The lowest BCUT2D eigenvalue weighted by Crippen LogP contribution is -2.18. The second kappa shape index (κ2) is 7.05. The first-order valence-electron chi connectivity index (χ1n) is 7.03. The SMILES string of the molecule is C(=NCC1CCOCC1)C1CCCCCC1. The number of aliphatic imine (C=N–C) groups is 1. The molecule has 2 rings (SSSR count). The van der Waals surface area contributed by atoms with Crippen molar-refractivity contribution in [1.82, 2.24) is 0 Å². The summed E-state index contributed by atoms with van der Waals surface area (Å²) in [6.07, 6.45) is 13.1. The molecule has 0 aromatic rings. The minimum absolute atomic E-state index is 0.780. The van der Waals surface area contributed by atoms with Gasteiger partial charge in [0.1, 0.15) is 0 Å². The highest BCUT2D eigenvalue weighted by molar-refractivity contribution is 5.60. The van der Waals surface area contributed by atoms with Crippen LogP contribution in [-0.4, -0.2) is 26.0 Å². The number of nitrogens with zero attached hydrogens (tertiary/aromatic N) is 1. The van der Waals surface area contributed by atoms with E-state index in [0.717, 1.165) is 31.6 Å². The summed E-state index contributed by atoms with van der Waals surface area (Å²) in [6.45, 7) is 2.94. The molecule has 0 unspecified atom stereocenters. The molecule has 0 spiro atoms. The highest BCUT2D eigenvalue weighted by atomic mass is 16.5. The summed E-state index contributed by atoms with van der Waals surface area (Å²) >= 11 is 0. The summed E-state index contributed by atoms with van der Waals surface area (Å²) in [7, 11) is 0. The normalized spacial score (nSPS) is 26.0. The predicted octanol–water partition coefficient (Wildman–Crippen LogP) is 3.45. The largest absolute Gasteiger partial charge is 0.381 e. The third-order valence-corrected chi connectivity index (χ3v) is 3.92. The molecule has 1 heterocycles. The van der Waals surface area contributed by atoms with E-state index < -0.39 is 0 Å². The Morgan fingerprint density at radius 1 is 0.938 bits per heavy atom. The number of hydrogen-bond donors (Lipinski definition) is 0. The van der Waals surface area contributed by atoms with Crippen molar-refractivity contribution >= 4 is 6.21 Å². The molecule has 0 bridgehead atoms. The Balaban J connectivity index is 1.66. The molecule has 0 radical (unpaired) electrons. The van der Waals surface area contributed by atoms with Crippen LogP contribution in [0, 0.1) is 11.8 Å². The van der Waals surface area contributed by atoms with Gasteiger partial charge in [-0.2, -0.15) is 0 Å². The number of ether oxygens (including phenoxy) is 1. The topological polar surface area (TPSA) is 21.6 Å². The van der Waals surface area contributed by atoms with Crippen molar-refractivity contribution in [2.45, 2.75) is 51.4 Å². The first kappa shape index (κ1) is 12.1. The Hall–Kier alpha value is -0.370. The molecule has 0 amide bonds. The third-order valence-electron chi connectivity index (χ3n) is 3.92. The van der Waals surface area contributed by atoms with Crippen LogP contribution in [0.25, 0.3) is 0 Å². The minimum Gasteiger partial charge on any atom is -0.381 e. The molecule has 2 heteroatoms. The van der Waals surface area contributed by atoms with Crippen LogP contribution in [-0.2, 0) is 4.74 Å². The third kappa shape index (κ3) is 4.25. The summed E-state index contributed by atoms with van der Waals surface area (Å²) in [6, 6.07) is 0. The quantitative estimate of drug-likeness (QED) is 0.530. The average Bonchev–Trinajstić information content (AvgIpc) is 2.59. The van der Waals surface area contributed by atoms with Crippen molar-refractivity contribution in [2.75, 3.05) is 19.8 Å². The monoisotopic (exact) mass is 223 g/mol. The van der Waals surface area contributed by atoms with Gasteiger partial charge in [-0.25, -0.2) is 0 Å². The van der Waals surface area contributed by atoms with Crippen LogP contribution in [0.15, 0.2) is 4.99 Å². The molecule has 0 aromatic heterocycles. The Labute approximate surface area is 99.5 Å². The first-order chi connectivity index (χ1) is 7.95. The van der Waals surface area contributed by atoms with Gasteiger partial charge in [-0.1, -0.05) is 25.7 Å². The van der Waals surface area contributed by atoms with E-state index in [1.165, 1.54) is 51.4 Å². The zero-order valence-corrected chi connectivity index (χ0v) is 10.4. The zero-order valence-electron chi connectivity index (χ0n) is 10.4. The van der Waals surface area contributed by atoms with Crippen molar-refractivity contribution in [2.24, 2.45) is 16.8 Å². The van der Waals surface area contributed by atoms with Crippen LogP contribution in [0.5, 0.6) is 0 Å². The van der Waals surface area contributed by atoms with Crippen LogP contribution in [0.1, 0.15) is 51.4 Å². The van der Waals surface area contributed by atoms with Gasteiger partial charge in [-0.15, -0.1) is 0 Å². The molecule has 1 aliphatic heterocycles. The maximum atomic E-state index is 5.36. The van der Waals surface area contributed by atoms with E-state index >= 15 is 0 Å². The van der Waals surface area contributed by atoms with Gasteiger partial charge in [0, 0.05) is 26.0 Å². The number of hydrogen-bond acceptors (Lipinski definition) is 2. The Kier molecular flexibility index (Phi) is 5.33. The van der Waals surface area contributed by atoms with Gasteiger partial charge >= 0.3 is 0 Å². The molecule has 2 fully saturated rings. The van der Waals surface area contributed by atoms with E-state index in [9.17, 15) is 0 Å². The molecule has 0 atom stereocenters. The van der Waals surface area contributed by atoms with Gasteiger partial charge in [0.2, 0.25) is 0 Å². The molecule has 92 valence electrons. The van der Waals surface area contributed by atoms with Crippen molar-refractivity contribution in [3.8, 4) is 0 Å². The van der Waals surface area contributed by atoms with E-state index in [0.29, 0.717) is 0 Å². The molecule has 0 aromatic carbocycles.